The Kier molecular flexibility index (Phi) is 3.67. The maximum Gasteiger partial charge on any atom is 0.248 e. The lowest BCUT2D eigenvalue weighted by molar-refractivity contribution is -0.921. The monoisotopic (exact) mass is 278 g/mol. The van der Waals surface area contributed by atoms with Crippen LogP contribution in [-0.2, 0) is 0 Å². The Balaban J connectivity index is 1.89. The first-order chi connectivity index (χ1) is 9.62. The van der Waals surface area contributed by atoms with Crippen molar-refractivity contribution in [3.05, 3.63) is 39.5 Å². The van der Waals surface area contributed by atoms with E-state index in [4.69, 9.17) is 0 Å². The van der Waals surface area contributed by atoms with Crippen LogP contribution in [0.15, 0.2) is 23.0 Å². The number of aromatic amines is 1. The van der Waals surface area contributed by atoms with Gasteiger partial charge in [-0.05, 0) is 25.3 Å². The molecule has 1 aromatic heterocycles. The zero-order valence-corrected chi connectivity index (χ0v) is 11.6. The van der Waals surface area contributed by atoms with E-state index in [0.29, 0.717) is 13.1 Å². The van der Waals surface area contributed by atoms with Gasteiger partial charge in [0.05, 0.1) is 25.7 Å². The van der Waals surface area contributed by atoms with E-state index < -0.39 is 0 Å². The summed E-state index contributed by atoms with van der Waals surface area (Å²) in [5, 5.41) is 22.7. The van der Waals surface area contributed by atoms with E-state index in [9.17, 15) is 15.1 Å². The lowest BCUT2D eigenvalue weighted by Crippen LogP contribution is -2.62. The number of piperidine rings is 2. The van der Waals surface area contributed by atoms with Gasteiger partial charge < -0.3 is 19.9 Å². The second kappa shape index (κ2) is 5.31. The van der Waals surface area contributed by atoms with Crippen LogP contribution in [0.5, 0.6) is 0 Å². The van der Waals surface area contributed by atoms with Crippen molar-refractivity contribution in [2.24, 2.45) is 5.92 Å². The van der Waals surface area contributed by atoms with Crippen LogP contribution in [-0.4, -0.2) is 40.5 Å². The molecule has 1 aromatic rings. The predicted octanol–water partition coefficient (Wildman–Crippen LogP) is 1.34. The van der Waals surface area contributed by atoms with Crippen molar-refractivity contribution in [3.63, 3.8) is 0 Å². The summed E-state index contributed by atoms with van der Waals surface area (Å²) in [7, 11) is 0. The van der Waals surface area contributed by atoms with Gasteiger partial charge in [0.15, 0.2) is 0 Å². The normalized spacial score (nSPS) is 37.4. The highest BCUT2D eigenvalue weighted by atomic mass is 16.5. The number of quaternary nitrogens is 1. The van der Waals surface area contributed by atoms with E-state index in [2.05, 4.69) is 4.98 Å². The minimum Gasteiger partial charge on any atom is -0.633 e. The number of H-pyrrole nitrogens is 1. The molecule has 5 heteroatoms. The van der Waals surface area contributed by atoms with E-state index in [-0.39, 0.29) is 34.7 Å². The molecule has 2 fully saturated rings. The van der Waals surface area contributed by atoms with Crippen LogP contribution in [0, 0.1) is 11.1 Å². The van der Waals surface area contributed by atoms with Crippen LogP contribution >= 0.6 is 0 Å². The van der Waals surface area contributed by atoms with Gasteiger partial charge >= 0.3 is 0 Å². The van der Waals surface area contributed by atoms with Crippen LogP contribution in [0.1, 0.15) is 37.3 Å². The van der Waals surface area contributed by atoms with Crippen molar-refractivity contribution in [1.82, 2.24) is 4.98 Å². The van der Waals surface area contributed by atoms with Crippen molar-refractivity contribution in [3.8, 4) is 0 Å². The summed E-state index contributed by atoms with van der Waals surface area (Å²) in [6.07, 6.45) is 3.78. The molecule has 2 saturated heterocycles. The first-order valence-electron chi connectivity index (χ1n) is 7.50. The van der Waals surface area contributed by atoms with Crippen LogP contribution in [0.4, 0.5) is 0 Å². The molecular formula is C15H22N2O3. The van der Waals surface area contributed by atoms with Gasteiger partial charge in [0.25, 0.3) is 0 Å². The Morgan fingerprint density at radius 1 is 1.40 bits per heavy atom. The van der Waals surface area contributed by atoms with E-state index in [1.54, 1.807) is 6.07 Å². The van der Waals surface area contributed by atoms with Crippen LogP contribution < -0.4 is 5.56 Å². The van der Waals surface area contributed by atoms with Crippen molar-refractivity contribution in [1.29, 1.82) is 0 Å². The van der Waals surface area contributed by atoms with Gasteiger partial charge in [-0.1, -0.05) is 6.07 Å². The lowest BCUT2D eigenvalue weighted by atomic mass is 9.77. The molecule has 5 nitrogen and oxygen atoms in total. The van der Waals surface area contributed by atoms with Crippen molar-refractivity contribution >= 4 is 0 Å². The van der Waals surface area contributed by atoms with E-state index >= 15 is 0 Å². The third-order valence-electron chi connectivity index (χ3n) is 5.02. The molecule has 2 aliphatic rings. The van der Waals surface area contributed by atoms with Crippen molar-refractivity contribution < 1.29 is 9.75 Å². The predicted molar refractivity (Wildman–Crippen MR) is 76.0 cm³/mol. The highest BCUT2D eigenvalue weighted by Crippen LogP contribution is 2.41. The van der Waals surface area contributed by atoms with Gasteiger partial charge in [-0.25, -0.2) is 0 Å². The van der Waals surface area contributed by atoms with Gasteiger partial charge in [-0.15, -0.1) is 0 Å². The van der Waals surface area contributed by atoms with Crippen LogP contribution in [0.25, 0.3) is 0 Å². The van der Waals surface area contributed by atoms with E-state index in [1.807, 2.05) is 6.07 Å². The Morgan fingerprint density at radius 3 is 3.00 bits per heavy atom. The maximum absolute atomic E-state index is 13.1. The molecule has 20 heavy (non-hydrogen) atoms. The molecule has 0 spiro atoms. The molecule has 4 atom stereocenters. The summed E-state index contributed by atoms with van der Waals surface area (Å²) >= 11 is 0. The first-order valence-corrected chi connectivity index (χ1v) is 7.50. The van der Waals surface area contributed by atoms with Gasteiger partial charge in [0, 0.05) is 30.0 Å². The van der Waals surface area contributed by atoms with Gasteiger partial charge in [-0.2, -0.15) is 0 Å². The largest absolute Gasteiger partial charge is 0.633 e. The second-order valence-corrected chi connectivity index (χ2v) is 6.27. The SMILES string of the molecule is O=c1cccc([C@@H]2C[C@H](CO)[C@H]3CCCC[N@@+]3([O-])C2)[nH]1. The number of hydroxylamine groups is 3. The topological polar surface area (TPSA) is 76.2 Å². The maximum atomic E-state index is 13.1. The van der Waals surface area contributed by atoms with Crippen LogP contribution in [0.3, 0.4) is 0 Å². The fourth-order valence-corrected chi connectivity index (χ4v) is 4.08. The number of pyridine rings is 1. The second-order valence-electron chi connectivity index (χ2n) is 6.27. The standard InChI is InChI=1S/C15H22N2O3/c18-10-12-8-11(13-4-3-6-15(19)16-13)9-17(20)7-2-1-5-14(12)17/h3-4,6,11-12,14,18H,1-2,5,7-10H2,(H,16,19)/t11-,12-,14-,17-/m1/s1. The summed E-state index contributed by atoms with van der Waals surface area (Å²) in [6.45, 7) is 1.25. The molecule has 2 N–H and O–H groups in total. The zero-order valence-electron chi connectivity index (χ0n) is 11.6. The number of aliphatic hydroxyl groups is 1. The third-order valence-corrected chi connectivity index (χ3v) is 5.02. The molecule has 0 amide bonds. The van der Waals surface area contributed by atoms with Crippen molar-refractivity contribution in [2.45, 2.75) is 37.6 Å². The van der Waals surface area contributed by atoms with E-state index in [0.717, 1.165) is 31.4 Å². The highest BCUT2D eigenvalue weighted by Gasteiger charge is 2.45. The third kappa shape index (κ3) is 2.41. The molecule has 0 unspecified atom stereocenters. The number of aromatic nitrogens is 1. The molecule has 3 heterocycles. The Hall–Kier alpha value is -1.17. The molecule has 2 aliphatic heterocycles. The Morgan fingerprint density at radius 2 is 2.25 bits per heavy atom. The average Bonchev–Trinajstić information content (AvgIpc) is 2.45. The Bertz CT molecular complexity index is 530. The smallest absolute Gasteiger partial charge is 0.248 e. The zero-order chi connectivity index (χ0) is 14.2. The molecule has 0 saturated carbocycles. The molecule has 0 bridgehead atoms. The molecular weight excluding hydrogens is 256 g/mol. The number of rotatable bonds is 2. The summed E-state index contributed by atoms with van der Waals surface area (Å²) in [5.74, 6) is 0.100. The number of nitrogens with zero attached hydrogens (tertiary/aromatic N) is 1. The summed E-state index contributed by atoms with van der Waals surface area (Å²) < 4.78 is -0.188. The molecule has 0 aliphatic carbocycles. The fourth-order valence-electron chi connectivity index (χ4n) is 4.08. The fraction of sp³-hybridized carbons (Fsp3) is 0.667. The molecule has 3 rings (SSSR count). The van der Waals surface area contributed by atoms with E-state index in [1.165, 1.54) is 6.07 Å². The minimum absolute atomic E-state index is 0.0421. The highest BCUT2D eigenvalue weighted by molar-refractivity contribution is 5.11. The first kappa shape index (κ1) is 13.8. The summed E-state index contributed by atoms with van der Waals surface area (Å²) in [4.78, 5) is 14.3. The van der Waals surface area contributed by atoms with Crippen LogP contribution in [0.2, 0.25) is 0 Å². The lowest BCUT2D eigenvalue weighted by Gasteiger charge is -2.58. The minimum atomic E-state index is -0.188. The number of fused-ring (bicyclic) bond motifs is 1. The molecule has 110 valence electrons. The van der Waals surface area contributed by atoms with Gasteiger partial charge in [-0.3, -0.25) is 4.79 Å². The number of aliphatic hydroxyl groups excluding tert-OH is 1. The number of hydrogen-bond donors (Lipinski definition) is 2. The van der Waals surface area contributed by atoms with Gasteiger partial charge in [0.2, 0.25) is 5.56 Å². The average molecular weight is 278 g/mol. The molecule has 0 aromatic carbocycles. The summed E-state index contributed by atoms with van der Waals surface area (Å²) in [6, 6.07) is 5.15. The molecule has 0 radical (unpaired) electrons. The number of hydrogen-bond acceptors (Lipinski definition) is 3. The van der Waals surface area contributed by atoms with Gasteiger partial charge in [0.1, 0.15) is 0 Å². The number of nitrogens with one attached hydrogen (secondary N) is 1. The summed E-state index contributed by atoms with van der Waals surface area (Å²) in [5.41, 5.74) is 0.717. The Labute approximate surface area is 118 Å². The van der Waals surface area contributed by atoms with Crippen molar-refractivity contribution in [2.75, 3.05) is 19.7 Å². The quantitative estimate of drug-likeness (QED) is 0.633.